The van der Waals surface area contributed by atoms with E-state index in [1.165, 1.54) is 16.6 Å². The van der Waals surface area contributed by atoms with Crippen LogP contribution in [0.15, 0.2) is 17.2 Å². The molecule has 106 valence electrons. The van der Waals surface area contributed by atoms with Crippen LogP contribution in [0.4, 0.5) is 0 Å². The van der Waals surface area contributed by atoms with Gasteiger partial charge in [-0.05, 0) is 32.8 Å². The standard InChI is InChI=1S/C12H18N2O4S/c1-9(2)18-12(15)11-7-10(8-13-11)19(16,17)14-5-3-4-6-14/h7-9,13H,3-6H2,1-2H3. The lowest BCUT2D eigenvalue weighted by Gasteiger charge is -2.13. The van der Waals surface area contributed by atoms with E-state index in [1.807, 2.05) is 0 Å². The van der Waals surface area contributed by atoms with Gasteiger partial charge >= 0.3 is 5.97 Å². The van der Waals surface area contributed by atoms with Crippen LogP contribution in [0.3, 0.4) is 0 Å². The van der Waals surface area contributed by atoms with Crippen molar-refractivity contribution in [1.82, 2.24) is 9.29 Å². The maximum absolute atomic E-state index is 12.2. The van der Waals surface area contributed by atoms with Gasteiger partial charge < -0.3 is 9.72 Å². The second kappa shape index (κ2) is 5.34. The van der Waals surface area contributed by atoms with Gasteiger partial charge in [0.1, 0.15) is 10.6 Å². The summed E-state index contributed by atoms with van der Waals surface area (Å²) in [6, 6.07) is 1.33. The van der Waals surface area contributed by atoms with Crippen LogP contribution in [-0.4, -0.2) is 42.9 Å². The number of ether oxygens (including phenoxy) is 1. The minimum Gasteiger partial charge on any atom is -0.458 e. The van der Waals surface area contributed by atoms with Crippen LogP contribution < -0.4 is 0 Å². The van der Waals surface area contributed by atoms with Gasteiger partial charge in [0.15, 0.2) is 0 Å². The number of aromatic nitrogens is 1. The van der Waals surface area contributed by atoms with E-state index >= 15 is 0 Å². The van der Waals surface area contributed by atoms with Gasteiger partial charge in [0, 0.05) is 19.3 Å². The van der Waals surface area contributed by atoms with Gasteiger partial charge in [-0.25, -0.2) is 13.2 Å². The predicted octanol–water partition coefficient (Wildman–Crippen LogP) is 1.36. The molecule has 0 radical (unpaired) electrons. The van der Waals surface area contributed by atoms with E-state index in [1.54, 1.807) is 13.8 Å². The molecule has 2 heterocycles. The molecule has 1 aromatic heterocycles. The molecule has 0 saturated carbocycles. The van der Waals surface area contributed by atoms with Crippen LogP contribution in [0.5, 0.6) is 0 Å². The van der Waals surface area contributed by atoms with Crippen LogP contribution in [0.2, 0.25) is 0 Å². The number of nitrogens with one attached hydrogen (secondary N) is 1. The zero-order valence-electron chi connectivity index (χ0n) is 11.0. The summed E-state index contributed by atoms with van der Waals surface area (Å²) < 4.78 is 30.9. The highest BCUT2D eigenvalue weighted by molar-refractivity contribution is 7.89. The van der Waals surface area contributed by atoms with Gasteiger partial charge in [-0.2, -0.15) is 4.31 Å². The molecule has 7 heteroatoms. The second-order valence-electron chi connectivity index (χ2n) is 4.81. The number of aromatic amines is 1. The predicted molar refractivity (Wildman–Crippen MR) is 69.3 cm³/mol. The maximum Gasteiger partial charge on any atom is 0.355 e. The summed E-state index contributed by atoms with van der Waals surface area (Å²) in [7, 11) is -3.49. The fraction of sp³-hybridized carbons (Fsp3) is 0.583. The molecule has 0 aromatic carbocycles. The molecule has 6 nitrogen and oxygen atoms in total. The van der Waals surface area contributed by atoms with Crippen molar-refractivity contribution in [3.05, 3.63) is 18.0 Å². The summed E-state index contributed by atoms with van der Waals surface area (Å²) in [5.74, 6) is -0.544. The lowest BCUT2D eigenvalue weighted by atomic mass is 10.4. The Morgan fingerprint density at radius 1 is 1.37 bits per heavy atom. The maximum atomic E-state index is 12.2. The lowest BCUT2D eigenvalue weighted by Crippen LogP contribution is -2.27. The summed E-state index contributed by atoms with van der Waals surface area (Å²) in [6.45, 7) is 4.56. The topological polar surface area (TPSA) is 79.5 Å². The highest BCUT2D eigenvalue weighted by Crippen LogP contribution is 2.21. The Balaban J connectivity index is 2.18. The number of carbonyl (C=O) groups is 1. The van der Waals surface area contributed by atoms with E-state index in [0.29, 0.717) is 13.1 Å². The molecular formula is C12H18N2O4S. The largest absolute Gasteiger partial charge is 0.458 e. The molecular weight excluding hydrogens is 268 g/mol. The SMILES string of the molecule is CC(C)OC(=O)c1cc(S(=O)(=O)N2CCCC2)c[nH]1. The molecule has 0 aliphatic carbocycles. The molecule has 0 bridgehead atoms. The fourth-order valence-corrected chi connectivity index (χ4v) is 3.51. The zero-order chi connectivity index (χ0) is 14.0. The quantitative estimate of drug-likeness (QED) is 0.848. The van der Waals surface area contributed by atoms with E-state index in [4.69, 9.17) is 4.74 Å². The van der Waals surface area contributed by atoms with E-state index in [0.717, 1.165) is 12.8 Å². The minimum absolute atomic E-state index is 0.116. The molecule has 0 amide bonds. The summed E-state index contributed by atoms with van der Waals surface area (Å²) >= 11 is 0. The summed E-state index contributed by atoms with van der Waals surface area (Å²) in [5, 5.41) is 0. The van der Waals surface area contributed by atoms with Crippen molar-refractivity contribution < 1.29 is 17.9 Å². The number of H-pyrrole nitrogens is 1. The second-order valence-corrected chi connectivity index (χ2v) is 6.75. The number of esters is 1. The summed E-state index contributed by atoms with van der Waals surface area (Å²) in [6.07, 6.45) is 2.86. The molecule has 1 fully saturated rings. The van der Waals surface area contributed by atoms with Crippen molar-refractivity contribution in [2.75, 3.05) is 13.1 Å². The number of sulfonamides is 1. The Morgan fingerprint density at radius 2 is 2.00 bits per heavy atom. The van der Waals surface area contributed by atoms with E-state index in [-0.39, 0.29) is 16.7 Å². The van der Waals surface area contributed by atoms with Crippen LogP contribution in [0.25, 0.3) is 0 Å². The smallest absolute Gasteiger partial charge is 0.355 e. The molecule has 0 atom stereocenters. The van der Waals surface area contributed by atoms with Crippen LogP contribution in [0.1, 0.15) is 37.2 Å². The molecule has 0 spiro atoms. The Labute approximate surface area is 112 Å². The number of nitrogens with zero attached hydrogens (tertiary/aromatic N) is 1. The van der Waals surface area contributed by atoms with Crippen molar-refractivity contribution in [1.29, 1.82) is 0 Å². The highest BCUT2D eigenvalue weighted by Gasteiger charge is 2.28. The highest BCUT2D eigenvalue weighted by atomic mass is 32.2. The lowest BCUT2D eigenvalue weighted by molar-refractivity contribution is 0.0371. The van der Waals surface area contributed by atoms with Gasteiger partial charge in [0.2, 0.25) is 10.0 Å². The minimum atomic E-state index is -3.49. The third kappa shape index (κ3) is 2.98. The zero-order valence-corrected chi connectivity index (χ0v) is 11.9. The Hall–Kier alpha value is -1.34. The van der Waals surface area contributed by atoms with Gasteiger partial charge in [-0.3, -0.25) is 0 Å². The van der Waals surface area contributed by atoms with Crippen LogP contribution in [-0.2, 0) is 14.8 Å². The summed E-state index contributed by atoms with van der Waals surface area (Å²) in [4.78, 5) is 14.4. The van der Waals surface area contributed by atoms with E-state index in [9.17, 15) is 13.2 Å². The first-order valence-electron chi connectivity index (χ1n) is 6.31. The van der Waals surface area contributed by atoms with Crippen LogP contribution in [0, 0.1) is 0 Å². The molecule has 1 aliphatic heterocycles. The van der Waals surface area contributed by atoms with Crippen molar-refractivity contribution in [2.24, 2.45) is 0 Å². The third-order valence-electron chi connectivity index (χ3n) is 2.92. The van der Waals surface area contributed by atoms with Gasteiger partial charge in [-0.1, -0.05) is 0 Å². The number of rotatable bonds is 4. The Kier molecular flexibility index (Phi) is 3.96. The van der Waals surface area contributed by atoms with E-state index < -0.39 is 16.0 Å². The fourth-order valence-electron chi connectivity index (χ4n) is 2.00. The first kappa shape index (κ1) is 14.1. The van der Waals surface area contributed by atoms with Gasteiger partial charge in [0.05, 0.1) is 6.10 Å². The number of hydrogen-bond donors (Lipinski definition) is 1. The van der Waals surface area contributed by atoms with Crippen molar-refractivity contribution in [3.63, 3.8) is 0 Å². The first-order valence-corrected chi connectivity index (χ1v) is 7.75. The molecule has 0 unspecified atom stereocenters. The molecule has 1 aliphatic rings. The average molecular weight is 286 g/mol. The average Bonchev–Trinajstić information content (AvgIpc) is 3.00. The monoisotopic (exact) mass is 286 g/mol. The first-order chi connectivity index (χ1) is 8.91. The van der Waals surface area contributed by atoms with Gasteiger partial charge in [0.25, 0.3) is 0 Å². The van der Waals surface area contributed by atoms with Crippen LogP contribution >= 0.6 is 0 Å². The molecule has 19 heavy (non-hydrogen) atoms. The Bertz CT molecular complexity index is 556. The van der Waals surface area contributed by atoms with E-state index in [2.05, 4.69) is 4.98 Å². The van der Waals surface area contributed by atoms with Crippen molar-refractivity contribution >= 4 is 16.0 Å². The molecule has 1 N–H and O–H groups in total. The third-order valence-corrected chi connectivity index (χ3v) is 4.80. The Morgan fingerprint density at radius 3 is 2.58 bits per heavy atom. The normalized spacial score (nSPS) is 17.0. The molecule has 1 aromatic rings. The van der Waals surface area contributed by atoms with Crippen molar-refractivity contribution in [3.8, 4) is 0 Å². The van der Waals surface area contributed by atoms with Gasteiger partial charge in [-0.15, -0.1) is 0 Å². The summed E-state index contributed by atoms with van der Waals surface area (Å²) in [5.41, 5.74) is 0.159. The number of carbonyl (C=O) groups excluding carboxylic acids is 1. The van der Waals surface area contributed by atoms with Crippen molar-refractivity contribution in [2.45, 2.75) is 37.7 Å². The number of hydrogen-bond acceptors (Lipinski definition) is 4. The molecule has 1 saturated heterocycles. The molecule has 2 rings (SSSR count).